The van der Waals surface area contributed by atoms with Gasteiger partial charge in [-0.15, -0.1) is 0 Å². The van der Waals surface area contributed by atoms with Gasteiger partial charge in [0.25, 0.3) is 5.91 Å². The van der Waals surface area contributed by atoms with Crippen molar-refractivity contribution in [2.45, 2.75) is 4.90 Å². The van der Waals surface area contributed by atoms with Crippen molar-refractivity contribution in [2.75, 3.05) is 38.3 Å². The summed E-state index contributed by atoms with van der Waals surface area (Å²) in [6.07, 6.45) is 1.15. The average molecular weight is 405 g/mol. The van der Waals surface area contributed by atoms with Gasteiger partial charge in [0.15, 0.2) is 15.0 Å². The SMILES string of the molecule is C[NH+](C)CCN(C(=O)c1ccc(S(C)(=O)=O)cc1)c1nc2ccccc2s1. The lowest BCUT2D eigenvalue weighted by molar-refractivity contribution is -0.856. The smallest absolute Gasteiger partial charge is 0.260 e. The third-order valence-electron chi connectivity index (χ3n) is 4.12. The minimum Gasteiger partial charge on any atom is -0.338 e. The number of aromatic nitrogens is 1. The molecule has 6 nitrogen and oxygen atoms in total. The van der Waals surface area contributed by atoms with Crippen LogP contribution in [0.15, 0.2) is 53.4 Å². The molecule has 0 bridgehead atoms. The zero-order valence-electron chi connectivity index (χ0n) is 15.5. The summed E-state index contributed by atoms with van der Waals surface area (Å²) in [7, 11) is 0.764. The van der Waals surface area contributed by atoms with Crippen molar-refractivity contribution >= 4 is 42.4 Å². The molecule has 142 valence electrons. The predicted octanol–water partition coefficient (Wildman–Crippen LogP) is 1.49. The van der Waals surface area contributed by atoms with E-state index in [1.165, 1.54) is 28.4 Å². The van der Waals surface area contributed by atoms with E-state index < -0.39 is 9.84 Å². The van der Waals surface area contributed by atoms with Crippen LogP contribution in [-0.2, 0) is 9.84 Å². The largest absolute Gasteiger partial charge is 0.338 e. The standard InChI is InChI=1S/C19H21N3O3S2/c1-21(2)12-13-22(19-20-16-6-4-5-7-17(16)26-19)18(23)14-8-10-15(11-9-14)27(3,24)25/h4-11H,12-13H2,1-3H3/p+1. The van der Waals surface area contributed by atoms with E-state index in [4.69, 9.17) is 0 Å². The number of benzene rings is 2. The third kappa shape index (κ3) is 4.52. The van der Waals surface area contributed by atoms with Crippen LogP contribution in [0.5, 0.6) is 0 Å². The van der Waals surface area contributed by atoms with Crippen LogP contribution in [0.2, 0.25) is 0 Å². The quantitative estimate of drug-likeness (QED) is 0.676. The van der Waals surface area contributed by atoms with Crippen molar-refractivity contribution in [2.24, 2.45) is 0 Å². The zero-order chi connectivity index (χ0) is 19.6. The number of thiazole rings is 1. The molecule has 0 spiro atoms. The van der Waals surface area contributed by atoms with Crippen LogP contribution in [0.25, 0.3) is 10.2 Å². The second-order valence-corrected chi connectivity index (χ2v) is 9.70. The maximum atomic E-state index is 13.1. The number of amides is 1. The molecule has 1 heterocycles. The fraction of sp³-hybridized carbons (Fsp3) is 0.263. The summed E-state index contributed by atoms with van der Waals surface area (Å²) in [5.74, 6) is -0.185. The summed E-state index contributed by atoms with van der Waals surface area (Å²) in [5, 5.41) is 0.648. The van der Waals surface area contributed by atoms with Crippen molar-refractivity contribution in [1.82, 2.24) is 4.98 Å². The van der Waals surface area contributed by atoms with Gasteiger partial charge in [-0.25, -0.2) is 13.4 Å². The van der Waals surface area contributed by atoms with E-state index in [9.17, 15) is 13.2 Å². The molecule has 2 aromatic carbocycles. The van der Waals surface area contributed by atoms with Crippen molar-refractivity contribution in [3.05, 3.63) is 54.1 Å². The van der Waals surface area contributed by atoms with Crippen molar-refractivity contribution in [1.29, 1.82) is 0 Å². The van der Waals surface area contributed by atoms with Gasteiger partial charge < -0.3 is 4.90 Å². The van der Waals surface area contributed by atoms with Gasteiger partial charge in [0.05, 0.1) is 42.3 Å². The van der Waals surface area contributed by atoms with Crippen molar-refractivity contribution in [3.8, 4) is 0 Å². The first kappa shape index (κ1) is 19.5. The molecule has 0 saturated heterocycles. The summed E-state index contributed by atoms with van der Waals surface area (Å²) in [6, 6.07) is 13.8. The van der Waals surface area contributed by atoms with Gasteiger partial charge in [0.2, 0.25) is 0 Å². The molecule has 0 atom stereocenters. The number of hydrogen-bond donors (Lipinski definition) is 1. The number of carbonyl (C=O) groups excluding carboxylic acids is 1. The topological polar surface area (TPSA) is 71.8 Å². The van der Waals surface area contributed by atoms with Crippen LogP contribution in [0, 0.1) is 0 Å². The Hall–Kier alpha value is -2.29. The second-order valence-electron chi connectivity index (χ2n) is 6.67. The Morgan fingerprint density at radius 3 is 2.37 bits per heavy atom. The predicted molar refractivity (Wildman–Crippen MR) is 109 cm³/mol. The van der Waals surface area contributed by atoms with Gasteiger partial charge >= 0.3 is 0 Å². The van der Waals surface area contributed by atoms with E-state index in [1.807, 2.05) is 38.4 Å². The zero-order valence-corrected chi connectivity index (χ0v) is 17.1. The summed E-state index contributed by atoms with van der Waals surface area (Å²) >= 11 is 1.48. The molecule has 0 aliphatic carbocycles. The Labute approximate surface area is 163 Å². The number of rotatable bonds is 6. The minimum atomic E-state index is -3.30. The van der Waals surface area contributed by atoms with E-state index in [-0.39, 0.29) is 10.8 Å². The molecule has 0 saturated carbocycles. The summed E-state index contributed by atoms with van der Waals surface area (Å²) < 4.78 is 24.3. The highest BCUT2D eigenvalue weighted by Gasteiger charge is 2.22. The highest BCUT2D eigenvalue weighted by atomic mass is 32.2. The monoisotopic (exact) mass is 404 g/mol. The Morgan fingerprint density at radius 1 is 1.11 bits per heavy atom. The number of nitrogens with one attached hydrogen (secondary N) is 1. The first-order valence-corrected chi connectivity index (χ1v) is 11.2. The first-order chi connectivity index (χ1) is 12.8. The second kappa shape index (κ2) is 7.75. The Balaban J connectivity index is 1.95. The van der Waals surface area contributed by atoms with E-state index in [2.05, 4.69) is 4.98 Å². The number of fused-ring (bicyclic) bond motifs is 1. The lowest BCUT2D eigenvalue weighted by atomic mass is 10.2. The number of para-hydroxylation sites is 1. The Bertz CT molecular complexity index is 1020. The Morgan fingerprint density at radius 2 is 1.78 bits per heavy atom. The minimum absolute atomic E-state index is 0.185. The summed E-state index contributed by atoms with van der Waals surface area (Å²) in [4.78, 5) is 20.8. The number of nitrogens with zero attached hydrogens (tertiary/aromatic N) is 2. The summed E-state index contributed by atoms with van der Waals surface area (Å²) in [6.45, 7) is 1.29. The molecule has 27 heavy (non-hydrogen) atoms. The molecule has 3 aromatic rings. The lowest BCUT2D eigenvalue weighted by Gasteiger charge is -2.20. The van der Waals surface area contributed by atoms with Gasteiger partial charge in [0.1, 0.15) is 0 Å². The van der Waals surface area contributed by atoms with Crippen LogP contribution in [0.4, 0.5) is 5.13 Å². The molecule has 1 N–H and O–H groups in total. The molecule has 0 radical (unpaired) electrons. The molecule has 3 rings (SSSR count). The normalized spacial score (nSPS) is 11.9. The van der Waals surface area contributed by atoms with E-state index in [0.717, 1.165) is 23.0 Å². The average Bonchev–Trinajstić information content (AvgIpc) is 3.04. The highest BCUT2D eigenvalue weighted by Crippen LogP contribution is 2.29. The van der Waals surface area contributed by atoms with Crippen molar-refractivity contribution < 1.29 is 18.1 Å². The van der Waals surface area contributed by atoms with Crippen LogP contribution >= 0.6 is 11.3 Å². The molecule has 0 unspecified atom stereocenters. The lowest BCUT2D eigenvalue weighted by Crippen LogP contribution is -3.06. The third-order valence-corrected chi connectivity index (χ3v) is 6.31. The maximum Gasteiger partial charge on any atom is 0.260 e. The van der Waals surface area contributed by atoms with Gasteiger partial charge in [-0.1, -0.05) is 23.5 Å². The van der Waals surface area contributed by atoms with Crippen LogP contribution in [-0.4, -0.2) is 52.7 Å². The molecule has 8 heteroatoms. The number of likely N-dealkylation sites (N-methyl/N-ethyl adjacent to an activating group) is 1. The van der Waals surface area contributed by atoms with Crippen LogP contribution in [0.1, 0.15) is 10.4 Å². The molecule has 1 amide bonds. The molecular formula is C19H22N3O3S2+. The fourth-order valence-corrected chi connectivity index (χ4v) is 4.22. The van der Waals surface area contributed by atoms with Gasteiger partial charge in [0, 0.05) is 11.8 Å². The summed E-state index contributed by atoms with van der Waals surface area (Å²) in [5.41, 5.74) is 1.30. The fourth-order valence-electron chi connectivity index (χ4n) is 2.60. The van der Waals surface area contributed by atoms with E-state index in [0.29, 0.717) is 17.2 Å². The molecule has 0 aliphatic rings. The van der Waals surface area contributed by atoms with Crippen LogP contribution < -0.4 is 9.80 Å². The Kier molecular flexibility index (Phi) is 5.59. The molecular weight excluding hydrogens is 382 g/mol. The highest BCUT2D eigenvalue weighted by molar-refractivity contribution is 7.90. The first-order valence-electron chi connectivity index (χ1n) is 8.52. The molecule has 1 aromatic heterocycles. The molecule has 0 aliphatic heterocycles. The van der Waals surface area contributed by atoms with Gasteiger partial charge in [-0.3, -0.25) is 9.69 Å². The number of hydrogen-bond acceptors (Lipinski definition) is 5. The maximum absolute atomic E-state index is 13.1. The van der Waals surface area contributed by atoms with Gasteiger partial charge in [-0.05, 0) is 36.4 Å². The number of carbonyl (C=O) groups is 1. The number of quaternary nitrogens is 1. The van der Waals surface area contributed by atoms with Crippen molar-refractivity contribution in [3.63, 3.8) is 0 Å². The number of sulfone groups is 1. The van der Waals surface area contributed by atoms with E-state index >= 15 is 0 Å². The van der Waals surface area contributed by atoms with E-state index in [1.54, 1.807) is 17.0 Å². The van der Waals surface area contributed by atoms with Gasteiger partial charge in [-0.2, -0.15) is 0 Å². The van der Waals surface area contributed by atoms with Crippen LogP contribution in [0.3, 0.4) is 0 Å². The molecule has 0 fully saturated rings. The number of anilines is 1.